The average molecular weight is 321 g/mol. The summed E-state index contributed by atoms with van der Waals surface area (Å²) >= 11 is 0. The van der Waals surface area contributed by atoms with Crippen LogP contribution in [0.3, 0.4) is 0 Å². The minimum atomic E-state index is -0.490. The van der Waals surface area contributed by atoms with E-state index < -0.39 is 6.10 Å². The monoisotopic (exact) mass is 321 g/mol. The predicted octanol–water partition coefficient (Wildman–Crippen LogP) is 4.54. The van der Waals surface area contributed by atoms with Gasteiger partial charge in [0.05, 0.1) is 0 Å². The third-order valence-corrected chi connectivity index (χ3v) is 4.29. The number of hydrogen-bond donors (Lipinski definition) is 1. The maximum absolute atomic E-state index is 9.57. The largest absolute Gasteiger partial charge is 0.305 e. The van der Waals surface area contributed by atoms with E-state index in [1.165, 1.54) is 11.1 Å². The van der Waals surface area contributed by atoms with Crippen LogP contribution in [0.15, 0.2) is 72.3 Å². The zero-order valence-electron chi connectivity index (χ0n) is 14.1. The lowest BCUT2D eigenvalue weighted by Gasteiger charge is -2.20. The van der Waals surface area contributed by atoms with Gasteiger partial charge in [-0.3, -0.25) is 5.26 Å². The van der Waals surface area contributed by atoms with Crippen LogP contribution in [-0.2, 0) is 4.89 Å². The first-order valence-corrected chi connectivity index (χ1v) is 8.18. The fraction of sp³-hybridized carbons (Fsp3) is 0.238. The van der Waals surface area contributed by atoms with Crippen LogP contribution in [0.2, 0.25) is 0 Å². The molecular formula is C21H23NO2. The van der Waals surface area contributed by atoms with Crippen molar-refractivity contribution in [2.45, 2.75) is 12.5 Å². The summed E-state index contributed by atoms with van der Waals surface area (Å²) in [5.41, 5.74) is 5.69. The Balaban J connectivity index is 2.05. The Labute approximate surface area is 143 Å². The third kappa shape index (κ3) is 3.49. The molecule has 1 aliphatic carbocycles. The first-order valence-electron chi connectivity index (χ1n) is 8.18. The number of rotatable bonds is 6. The molecule has 0 amide bonds. The van der Waals surface area contributed by atoms with E-state index in [1.807, 2.05) is 48.5 Å². The van der Waals surface area contributed by atoms with E-state index >= 15 is 0 Å². The van der Waals surface area contributed by atoms with Gasteiger partial charge in [0.1, 0.15) is 6.10 Å². The van der Waals surface area contributed by atoms with Gasteiger partial charge >= 0.3 is 0 Å². The van der Waals surface area contributed by atoms with Gasteiger partial charge in [-0.2, -0.15) is 0 Å². The summed E-state index contributed by atoms with van der Waals surface area (Å²) in [6.07, 6.45) is 4.81. The highest BCUT2D eigenvalue weighted by molar-refractivity contribution is 5.77. The van der Waals surface area contributed by atoms with Crippen LogP contribution in [0.1, 0.15) is 29.2 Å². The van der Waals surface area contributed by atoms with Gasteiger partial charge < -0.3 is 4.90 Å². The molecule has 2 aromatic carbocycles. The Morgan fingerprint density at radius 2 is 1.75 bits per heavy atom. The average Bonchev–Trinajstić information content (AvgIpc) is 3.04. The van der Waals surface area contributed by atoms with Crippen molar-refractivity contribution in [1.82, 2.24) is 4.90 Å². The zero-order valence-corrected chi connectivity index (χ0v) is 14.1. The van der Waals surface area contributed by atoms with Crippen LogP contribution >= 0.6 is 0 Å². The standard InChI is InChI=1S/C21H23NO2/c1-22(2)15-17-11-8-14-18(17)19-12-6-7-13-20(19)21(24-23)16-9-4-3-5-10-16/h3-13,21,23H,14-15H2,1-2H3. The van der Waals surface area contributed by atoms with Crippen LogP contribution in [0.25, 0.3) is 5.57 Å². The summed E-state index contributed by atoms with van der Waals surface area (Å²) in [6, 6.07) is 18.0. The zero-order chi connectivity index (χ0) is 16.9. The van der Waals surface area contributed by atoms with Crippen molar-refractivity contribution in [3.8, 4) is 0 Å². The van der Waals surface area contributed by atoms with Crippen LogP contribution in [0.5, 0.6) is 0 Å². The summed E-state index contributed by atoms with van der Waals surface area (Å²) < 4.78 is 0. The smallest absolute Gasteiger partial charge is 0.143 e. The molecule has 0 spiro atoms. The Bertz CT molecular complexity index is 747. The summed E-state index contributed by atoms with van der Waals surface area (Å²) in [7, 11) is 4.15. The molecule has 0 fully saturated rings. The van der Waals surface area contributed by atoms with E-state index in [1.54, 1.807) is 0 Å². The van der Waals surface area contributed by atoms with Gasteiger partial charge in [0.25, 0.3) is 0 Å². The molecule has 124 valence electrons. The van der Waals surface area contributed by atoms with E-state index in [0.717, 1.165) is 29.7 Å². The second-order valence-corrected chi connectivity index (χ2v) is 6.33. The molecule has 24 heavy (non-hydrogen) atoms. The van der Waals surface area contributed by atoms with Crippen LogP contribution in [0.4, 0.5) is 0 Å². The van der Waals surface area contributed by atoms with Crippen molar-refractivity contribution in [2.24, 2.45) is 0 Å². The molecule has 0 aromatic heterocycles. The first kappa shape index (κ1) is 16.7. The number of hydrogen-bond acceptors (Lipinski definition) is 3. The summed E-state index contributed by atoms with van der Waals surface area (Å²) in [5.74, 6) is 0. The first-order chi connectivity index (χ1) is 11.7. The Morgan fingerprint density at radius 3 is 2.46 bits per heavy atom. The van der Waals surface area contributed by atoms with E-state index in [9.17, 15) is 5.26 Å². The normalized spacial score (nSPS) is 15.3. The highest BCUT2D eigenvalue weighted by atomic mass is 17.1. The molecule has 0 saturated heterocycles. The van der Waals surface area contributed by atoms with Gasteiger partial charge in [0.2, 0.25) is 0 Å². The maximum atomic E-state index is 9.57. The second kappa shape index (κ2) is 7.58. The second-order valence-electron chi connectivity index (χ2n) is 6.33. The number of allylic oxidation sites excluding steroid dienone is 2. The molecule has 0 radical (unpaired) electrons. The van der Waals surface area contributed by atoms with Crippen molar-refractivity contribution in [1.29, 1.82) is 0 Å². The van der Waals surface area contributed by atoms with Crippen LogP contribution < -0.4 is 0 Å². The van der Waals surface area contributed by atoms with Crippen LogP contribution in [0, 0.1) is 0 Å². The Kier molecular flexibility index (Phi) is 5.26. The fourth-order valence-electron chi connectivity index (χ4n) is 3.25. The van der Waals surface area contributed by atoms with Gasteiger partial charge in [0.15, 0.2) is 0 Å². The Hall–Kier alpha value is -2.20. The lowest BCUT2D eigenvalue weighted by molar-refractivity contribution is -0.270. The number of nitrogens with zero attached hydrogens (tertiary/aromatic N) is 1. The lowest BCUT2D eigenvalue weighted by atomic mass is 9.90. The molecule has 0 heterocycles. The summed E-state index contributed by atoms with van der Waals surface area (Å²) in [5, 5.41) is 9.57. The molecule has 2 aromatic rings. The molecule has 0 bridgehead atoms. The molecule has 3 rings (SSSR count). The highest BCUT2D eigenvalue weighted by Gasteiger charge is 2.22. The molecule has 1 aliphatic rings. The molecule has 0 saturated carbocycles. The van der Waals surface area contributed by atoms with Crippen molar-refractivity contribution in [3.63, 3.8) is 0 Å². The molecule has 1 unspecified atom stereocenters. The topological polar surface area (TPSA) is 32.7 Å². The summed E-state index contributed by atoms with van der Waals surface area (Å²) in [4.78, 5) is 7.06. The minimum Gasteiger partial charge on any atom is -0.305 e. The molecular weight excluding hydrogens is 298 g/mol. The van der Waals surface area contributed by atoms with Gasteiger partial charge in [0, 0.05) is 6.54 Å². The molecule has 0 aliphatic heterocycles. The van der Waals surface area contributed by atoms with Crippen LogP contribution in [-0.4, -0.2) is 30.8 Å². The van der Waals surface area contributed by atoms with Crippen molar-refractivity contribution < 1.29 is 10.1 Å². The lowest BCUT2D eigenvalue weighted by Crippen LogP contribution is -2.15. The van der Waals surface area contributed by atoms with E-state index in [-0.39, 0.29) is 0 Å². The Morgan fingerprint density at radius 1 is 1.04 bits per heavy atom. The fourth-order valence-corrected chi connectivity index (χ4v) is 3.25. The van der Waals surface area contributed by atoms with Gasteiger partial charge in [-0.25, -0.2) is 4.89 Å². The molecule has 3 nitrogen and oxygen atoms in total. The van der Waals surface area contributed by atoms with E-state index in [2.05, 4.69) is 37.2 Å². The summed E-state index contributed by atoms with van der Waals surface area (Å²) in [6.45, 7) is 0.899. The predicted molar refractivity (Wildman–Crippen MR) is 97.7 cm³/mol. The van der Waals surface area contributed by atoms with E-state index in [4.69, 9.17) is 4.89 Å². The highest BCUT2D eigenvalue weighted by Crippen LogP contribution is 2.36. The maximum Gasteiger partial charge on any atom is 0.143 e. The van der Waals surface area contributed by atoms with Crippen molar-refractivity contribution >= 4 is 5.57 Å². The quantitative estimate of drug-likeness (QED) is 0.626. The number of likely N-dealkylation sites (N-methyl/N-ethyl adjacent to an activating group) is 1. The van der Waals surface area contributed by atoms with Crippen molar-refractivity contribution in [3.05, 3.63) is 89.0 Å². The SMILES string of the molecule is CN(C)CC1=C(c2ccccc2C(OO)c2ccccc2)CC=C1. The molecule has 1 atom stereocenters. The molecule has 1 N–H and O–H groups in total. The minimum absolute atomic E-state index is 0.490. The van der Waals surface area contributed by atoms with E-state index in [0.29, 0.717) is 0 Å². The van der Waals surface area contributed by atoms with Gasteiger partial charge in [-0.05, 0) is 48.4 Å². The number of benzene rings is 2. The molecule has 3 heteroatoms. The van der Waals surface area contributed by atoms with Gasteiger partial charge in [-0.15, -0.1) is 0 Å². The van der Waals surface area contributed by atoms with Gasteiger partial charge in [-0.1, -0.05) is 66.7 Å². The third-order valence-electron chi connectivity index (χ3n) is 4.29. The van der Waals surface area contributed by atoms with Crippen molar-refractivity contribution in [2.75, 3.05) is 20.6 Å².